The van der Waals surface area contributed by atoms with E-state index in [1.807, 2.05) is 6.92 Å². The van der Waals surface area contributed by atoms with Crippen molar-refractivity contribution in [3.05, 3.63) is 0 Å². The summed E-state index contributed by atoms with van der Waals surface area (Å²) in [7, 11) is 0. The first kappa shape index (κ1) is 11.3. The van der Waals surface area contributed by atoms with Gasteiger partial charge in [-0.15, -0.1) is 0 Å². The molecule has 6 heteroatoms. The molecule has 0 aromatic rings. The fraction of sp³-hybridized carbons (Fsp3) is 0.700. The van der Waals surface area contributed by atoms with Crippen LogP contribution in [0.25, 0.3) is 0 Å². The van der Waals surface area contributed by atoms with Crippen LogP contribution in [-0.2, 0) is 9.59 Å². The zero-order valence-electron chi connectivity index (χ0n) is 9.16. The van der Waals surface area contributed by atoms with Gasteiger partial charge in [0.15, 0.2) is 5.11 Å². The number of nitrogens with one attached hydrogen (secondary N) is 2. The van der Waals surface area contributed by atoms with E-state index in [1.54, 1.807) is 4.90 Å². The molecule has 0 aromatic carbocycles. The highest BCUT2D eigenvalue weighted by atomic mass is 32.1. The molecule has 2 amide bonds. The summed E-state index contributed by atoms with van der Waals surface area (Å²) in [6.45, 7) is 2.08. The summed E-state index contributed by atoms with van der Waals surface area (Å²) >= 11 is 5.22. The van der Waals surface area contributed by atoms with Gasteiger partial charge in [0.1, 0.15) is 12.6 Å². The molecular weight excluding hydrogens is 226 g/mol. The van der Waals surface area contributed by atoms with Crippen molar-refractivity contribution in [3.8, 4) is 0 Å². The van der Waals surface area contributed by atoms with Crippen LogP contribution in [0.4, 0.5) is 0 Å². The molecule has 1 saturated carbocycles. The maximum Gasteiger partial charge on any atom is 0.249 e. The van der Waals surface area contributed by atoms with E-state index < -0.39 is 0 Å². The first-order valence-electron chi connectivity index (χ1n) is 5.52. The van der Waals surface area contributed by atoms with Gasteiger partial charge in [-0.3, -0.25) is 14.9 Å². The molecule has 88 valence electrons. The third-order valence-corrected chi connectivity index (χ3v) is 3.16. The number of imide groups is 1. The van der Waals surface area contributed by atoms with E-state index in [1.165, 1.54) is 0 Å². The van der Waals surface area contributed by atoms with E-state index in [4.69, 9.17) is 12.2 Å². The van der Waals surface area contributed by atoms with E-state index in [-0.39, 0.29) is 24.4 Å². The van der Waals surface area contributed by atoms with Crippen molar-refractivity contribution >= 4 is 29.1 Å². The van der Waals surface area contributed by atoms with Crippen molar-refractivity contribution in [1.82, 2.24) is 15.5 Å². The van der Waals surface area contributed by atoms with Gasteiger partial charge in [0.2, 0.25) is 11.8 Å². The molecule has 0 radical (unpaired) electrons. The number of piperazine rings is 1. The van der Waals surface area contributed by atoms with Gasteiger partial charge < -0.3 is 10.2 Å². The number of rotatable bonds is 2. The van der Waals surface area contributed by atoms with Crippen LogP contribution in [0.5, 0.6) is 0 Å². The highest BCUT2D eigenvalue weighted by molar-refractivity contribution is 7.80. The summed E-state index contributed by atoms with van der Waals surface area (Å²) in [5.74, 6) is -0.534. The molecule has 1 saturated heterocycles. The Bertz CT molecular complexity index is 341. The maximum atomic E-state index is 11.6. The van der Waals surface area contributed by atoms with Crippen LogP contribution < -0.4 is 10.6 Å². The average molecular weight is 241 g/mol. The molecule has 0 spiro atoms. The molecule has 0 aromatic heterocycles. The number of hydrogen-bond acceptors (Lipinski definition) is 3. The second-order valence-electron chi connectivity index (χ2n) is 4.19. The van der Waals surface area contributed by atoms with Gasteiger partial charge >= 0.3 is 0 Å². The zero-order chi connectivity index (χ0) is 11.7. The number of carbonyl (C=O) groups is 2. The number of carbonyl (C=O) groups excluding carboxylic acids is 2. The molecule has 2 N–H and O–H groups in total. The van der Waals surface area contributed by atoms with Crippen molar-refractivity contribution < 1.29 is 9.59 Å². The second kappa shape index (κ2) is 4.37. The number of nitrogens with zero attached hydrogens (tertiary/aromatic N) is 1. The van der Waals surface area contributed by atoms with E-state index in [9.17, 15) is 9.59 Å². The molecule has 16 heavy (non-hydrogen) atoms. The van der Waals surface area contributed by atoms with Crippen LogP contribution in [0.3, 0.4) is 0 Å². The molecule has 0 bridgehead atoms. The van der Waals surface area contributed by atoms with Crippen molar-refractivity contribution in [2.45, 2.75) is 38.3 Å². The van der Waals surface area contributed by atoms with Gasteiger partial charge in [-0.1, -0.05) is 6.92 Å². The first-order chi connectivity index (χ1) is 7.61. The normalized spacial score (nSPS) is 25.3. The lowest BCUT2D eigenvalue weighted by Gasteiger charge is -2.35. The summed E-state index contributed by atoms with van der Waals surface area (Å²) in [5.41, 5.74) is 0. The third kappa shape index (κ3) is 2.32. The van der Waals surface area contributed by atoms with E-state index in [0.29, 0.717) is 17.6 Å². The number of amides is 2. The highest BCUT2D eigenvalue weighted by Gasteiger charge is 2.35. The topological polar surface area (TPSA) is 61.4 Å². The Balaban J connectivity index is 2.05. The van der Waals surface area contributed by atoms with Crippen molar-refractivity contribution in [2.24, 2.45) is 0 Å². The molecule has 2 aliphatic rings. The number of thiocarbonyl (C=S) groups is 1. The molecule has 1 aliphatic heterocycles. The van der Waals surface area contributed by atoms with Crippen LogP contribution in [0.15, 0.2) is 0 Å². The van der Waals surface area contributed by atoms with Crippen molar-refractivity contribution in [3.63, 3.8) is 0 Å². The Morgan fingerprint density at radius 2 is 2.25 bits per heavy atom. The Morgan fingerprint density at radius 1 is 1.56 bits per heavy atom. The van der Waals surface area contributed by atoms with Crippen LogP contribution in [0.1, 0.15) is 26.2 Å². The van der Waals surface area contributed by atoms with Crippen LogP contribution in [-0.4, -0.2) is 40.5 Å². The summed E-state index contributed by atoms with van der Waals surface area (Å²) < 4.78 is 0. The minimum absolute atomic E-state index is 0.169. The lowest BCUT2D eigenvalue weighted by molar-refractivity contribution is -0.137. The third-order valence-electron chi connectivity index (χ3n) is 2.81. The first-order valence-corrected chi connectivity index (χ1v) is 5.93. The van der Waals surface area contributed by atoms with Crippen LogP contribution in [0, 0.1) is 0 Å². The van der Waals surface area contributed by atoms with Crippen LogP contribution >= 0.6 is 12.2 Å². The zero-order valence-corrected chi connectivity index (χ0v) is 9.97. The minimum atomic E-state index is -0.323. The Hall–Kier alpha value is -1.17. The quantitative estimate of drug-likeness (QED) is 0.516. The standard InChI is InChI=1S/C10H15N3O2S/c1-2-7-9(15)12-8(14)5-13(7)10(16)11-6-3-4-6/h6-7H,2-5H2,1H3,(H,11,16)(H,12,14,15). The lowest BCUT2D eigenvalue weighted by atomic mass is 10.1. The minimum Gasteiger partial charge on any atom is -0.360 e. The Morgan fingerprint density at radius 3 is 2.81 bits per heavy atom. The molecule has 5 nitrogen and oxygen atoms in total. The van der Waals surface area contributed by atoms with Gasteiger partial charge in [-0.2, -0.15) is 0 Å². The largest absolute Gasteiger partial charge is 0.360 e. The van der Waals surface area contributed by atoms with Crippen LogP contribution in [0.2, 0.25) is 0 Å². The van der Waals surface area contributed by atoms with Gasteiger partial charge in [0.25, 0.3) is 0 Å². The van der Waals surface area contributed by atoms with Gasteiger partial charge in [-0.25, -0.2) is 0 Å². The number of hydrogen-bond donors (Lipinski definition) is 2. The fourth-order valence-corrected chi connectivity index (χ4v) is 2.13. The van der Waals surface area contributed by atoms with E-state index in [0.717, 1.165) is 12.8 Å². The Kier molecular flexibility index (Phi) is 3.09. The predicted octanol–water partition coefficient (Wildman–Crippen LogP) is -0.240. The molecule has 1 unspecified atom stereocenters. The molecule has 1 aliphatic carbocycles. The molecular formula is C10H15N3O2S. The molecule has 2 rings (SSSR count). The molecule has 1 heterocycles. The molecule has 2 fully saturated rings. The summed E-state index contributed by atoms with van der Waals surface area (Å²) in [6.07, 6.45) is 2.88. The fourth-order valence-electron chi connectivity index (χ4n) is 1.77. The van der Waals surface area contributed by atoms with Gasteiger partial charge in [0, 0.05) is 6.04 Å². The second-order valence-corrected chi connectivity index (χ2v) is 4.57. The summed E-state index contributed by atoms with van der Waals surface area (Å²) in [5, 5.41) is 6.01. The van der Waals surface area contributed by atoms with Crippen molar-refractivity contribution in [1.29, 1.82) is 0 Å². The highest BCUT2D eigenvalue weighted by Crippen LogP contribution is 2.20. The Labute approximate surface area is 99.6 Å². The average Bonchev–Trinajstić information content (AvgIpc) is 3.00. The monoisotopic (exact) mass is 241 g/mol. The SMILES string of the molecule is CCC1C(=O)NC(=O)CN1C(=S)NC1CC1. The predicted molar refractivity (Wildman–Crippen MR) is 62.7 cm³/mol. The smallest absolute Gasteiger partial charge is 0.249 e. The molecule has 1 atom stereocenters. The van der Waals surface area contributed by atoms with E-state index >= 15 is 0 Å². The van der Waals surface area contributed by atoms with Gasteiger partial charge in [0.05, 0.1) is 0 Å². The summed E-state index contributed by atoms with van der Waals surface area (Å²) in [4.78, 5) is 24.6. The van der Waals surface area contributed by atoms with E-state index in [2.05, 4.69) is 10.6 Å². The lowest BCUT2D eigenvalue weighted by Crippen LogP contribution is -2.61. The van der Waals surface area contributed by atoms with Gasteiger partial charge in [-0.05, 0) is 31.5 Å². The maximum absolute atomic E-state index is 11.6. The van der Waals surface area contributed by atoms with Crippen molar-refractivity contribution in [2.75, 3.05) is 6.54 Å². The summed E-state index contributed by atoms with van der Waals surface area (Å²) in [6, 6.07) is 0.113.